The molecule has 1 aromatic rings. The summed E-state index contributed by atoms with van der Waals surface area (Å²) in [5.41, 5.74) is 0.646. The first-order valence-corrected chi connectivity index (χ1v) is 6.80. The maximum Gasteiger partial charge on any atom is 0.410 e. The number of hydrogen-bond donors (Lipinski definition) is 1. The van der Waals surface area contributed by atoms with Crippen LogP contribution in [-0.2, 0) is 23.4 Å². The predicted octanol–water partition coefficient (Wildman–Crippen LogP) is 2.18. The van der Waals surface area contributed by atoms with E-state index in [1.54, 1.807) is 4.90 Å². The van der Waals surface area contributed by atoms with E-state index in [9.17, 15) is 9.59 Å². The van der Waals surface area contributed by atoms with E-state index in [-0.39, 0.29) is 17.2 Å². The fourth-order valence-corrected chi connectivity index (χ4v) is 2.29. The lowest BCUT2D eigenvalue weighted by Gasteiger charge is -2.26. The molecule has 1 aliphatic rings. The third kappa shape index (κ3) is 2.73. The molecule has 0 spiro atoms. The minimum absolute atomic E-state index is 0.124. The smallest absolute Gasteiger partial charge is 0.410 e. The van der Waals surface area contributed by atoms with Crippen molar-refractivity contribution in [2.75, 3.05) is 0 Å². The molecule has 1 N–H and O–H groups in total. The third-order valence-electron chi connectivity index (χ3n) is 3.12. The number of ether oxygens (including phenoxy) is 1. The molecule has 6 nitrogen and oxygen atoms in total. The van der Waals surface area contributed by atoms with Gasteiger partial charge in [-0.25, -0.2) is 4.79 Å². The Morgan fingerprint density at radius 2 is 1.75 bits per heavy atom. The van der Waals surface area contributed by atoms with Crippen molar-refractivity contribution < 1.29 is 9.53 Å². The van der Waals surface area contributed by atoms with Crippen LogP contribution in [0.3, 0.4) is 0 Å². The van der Waals surface area contributed by atoms with E-state index in [1.807, 2.05) is 46.2 Å². The lowest BCUT2D eigenvalue weighted by atomic mass is 10.1. The van der Waals surface area contributed by atoms with Gasteiger partial charge in [-0.1, -0.05) is 0 Å². The van der Waals surface area contributed by atoms with Crippen molar-refractivity contribution in [1.82, 2.24) is 14.7 Å². The summed E-state index contributed by atoms with van der Waals surface area (Å²) in [5.74, 6) is 0. The Hall–Kier alpha value is -1.72. The van der Waals surface area contributed by atoms with Crippen LogP contribution in [-0.4, -0.2) is 26.4 Å². The van der Waals surface area contributed by atoms with Crippen molar-refractivity contribution in [3.05, 3.63) is 21.6 Å². The quantitative estimate of drug-likeness (QED) is 0.792. The Labute approximate surface area is 118 Å². The van der Waals surface area contributed by atoms with Gasteiger partial charge in [0.05, 0.1) is 29.9 Å². The molecule has 0 fully saturated rings. The number of rotatable bonds is 0. The Balaban J connectivity index is 2.24. The molecule has 0 radical (unpaired) electrons. The third-order valence-corrected chi connectivity index (χ3v) is 3.12. The normalized spacial score (nSPS) is 15.4. The number of nitrogens with one attached hydrogen (secondary N) is 1. The standard InChI is InChI=1S/C14H23N3O3/c1-13(2,3)17-10-8-16(7-9(10)11(18)15-17)12(19)20-14(4,5)6/h7-8H2,1-6H3,(H,15,18). The van der Waals surface area contributed by atoms with Crippen molar-refractivity contribution in [3.8, 4) is 0 Å². The average Bonchev–Trinajstić information content (AvgIpc) is 2.75. The number of H-pyrrole nitrogens is 1. The first-order valence-electron chi connectivity index (χ1n) is 6.80. The number of hydrogen-bond acceptors (Lipinski definition) is 3. The lowest BCUT2D eigenvalue weighted by Crippen LogP contribution is -2.35. The van der Waals surface area contributed by atoms with E-state index in [4.69, 9.17) is 4.74 Å². The second-order valence-corrected chi connectivity index (χ2v) is 7.21. The zero-order chi connectivity index (χ0) is 15.3. The van der Waals surface area contributed by atoms with E-state index in [1.165, 1.54) is 0 Å². The Morgan fingerprint density at radius 1 is 1.15 bits per heavy atom. The molecule has 0 saturated carbocycles. The molecule has 20 heavy (non-hydrogen) atoms. The maximum absolute atomic E-state index is 12.1. The van der Waals surface area contributed by atoms with Crippen molar-refractivity contribution in [3.63, 3.8) is 0 Å². The van der Waals surface area contributed by atoms with Crippen LogP contribution in [0.4, 0.5) is 4.79 Å². The van der Waals surface area contributed by atoms with E-state index < -0.39 is 5.60 Å². The summed E-state index contributed by atoms with van der Waals surface area (Å²) in [5, 5.41) is 2.85. The molecule has 2 rings (SSSR count). The van der Waals surface area contributed by atoms with Crippen LogP contribution in [0.1, 0.15) is 52.8 Å². The summed E-state index contributed by atoms with van der Waals surface area (Å²) in [6.45, 7) is 12.2. The van der Waals surface area contributed by atoms with Gasteiger partial charge in [0.1, 0.15) is 5.60 Å². The number of carbonyl (C=O) groups excluding carboxylic acids is 1. The van der Waals surface area contributed by atoms with Gasteiger partial charge in [-0.05, 0) is 41.5 Å². The fourth-order valence-electron chi connectivity index (χ4n) is 2.29. The molecule has 1 amide bonds. The summed E-state index contributed by atoms with van der Waals surface area (Å²) < 4.78 is 7.20. The highest BCUT2D eigenvalue weighted by atomic mass is 16.6. The van der Waals surface area contributed by atoms with Crippen LogP contribution in [0.5, 0.6) is 0 Å². The summed E-state index contributed by atoms with van der Waals surface area (Å²) >= 11 is 0. The van der Waals surface area contributed by atoms with Gasteiger partial charge in [0.25, 0.3) is 5.56 Å². The molecule has 1 aliphatic heterocycles. The van der Waals surface area contributed by atoms with E-state index in [0.29, 0.717) is 18.7 Å². The summed E-state index contributed by atoms with van der Waals surface area (Å²) in [7, 11) is 0. The molecule has 0 bridgehead atoms. The van der Waals surface area contributed by atoms with Crippen molar-refractivity contribution >= 4 is 6.09 Å². The highest BCUT2D eigenvalue weighted by molar-refractivity contribution is 5.69. The molecule has 112 valence electrons. The second kappa shape index (κ2) is 4.40. The van der Waals surface area contributed by atoms with Crippen molar-refractivity contribution in [2.24, 2.45) is 0 Å². The zero-order valence-corrected chi connectivity index (χ0v) is 13.0. The summed E-state index contributed by atoms with van der Waals surface area (Å²) in [6.07, 6.45) is -0.381. The minimum atomic E-state index is -0.532. The SMILES string of the molecule is CC(C)(C)OC(=O)N1Cc2c(n(C(C)(C)C)[nH]c2=O)C1. The molecular weight excluding hydrogens is 258 g/mol. The average molecular weight is 281 g/mol. The van der Waals surface area contributed by atoms with Gasteiger partial charge in [-0.15, -0.1) is 0 Å². The van der Waals surface area contributed by atoms with Crippen LogP contribution < -0.4 is 5.56 Å². The largest absolute Gasteiger partial charge is 0.444 e. The number of nitrogens with zero attached hydrogens (tertiary/aromatic N) is 2. The molecule has 0 atom stereocenters. The van der Waals surface area contributed by atoms with Crippen LogP contribution in [0.25, 0.3) is 0 Å². The van der Waals surface area contributed by atoms with Gasteiger partial charge in [-0.3, -0.25) is 19.5 Å². The number of carbonyl (C=O) groups is 1. The van der Waals surface area contributed by atoms with Gasteiger partial charge in [0, 0.05) is 0 Å². The monoisotopic (exact) mass is 281 g/mol. The molecule has 0 unspecified atom stereocenters. The van der Waals surface area contributed by atoms with Crippen molar-refractivity contribution in [1.29, 1.82) is 0 Å². The molecule has 2 heterocycles. The highest BCUT2D eigenvalue weighted by Crippen LogP contribution is 2.26. The summed E-state index contributed by atoms with van der Waals surface area (Å²) in [6, 6.07) is 0. The first kappa shape index (κ1) is 14.7. The number of aromatic nitrogens is 2. The zero-order valence-electron chi connectivity index (χ0n) is 13.0. The number of amides is 1. The number of aromatic amines is 1. The Kier molecular flexibility index (Phi) is 3.23. The highest BCUT2D eigenvalue weighted by Gasteiger charge is 2.34. The van der Waals surface area contributed by atoms with Crippen LogP contribution in [0, 0.1) is 0 Å². The van der Waals surface area contributed by atoms with Gasteiger partial charge in [-0.2, -0.15) is 0 Å². The summed E-state index contributed by atoms with van der Waals surface area (Å²) in [4.78, 5) is 25.6. The van der Waals surface area contributed by atoms with Crippen LogP contribution >= 0.6 is 0 Å². The van der Waals surface area contributed by atoms with E-state index in [0.717, 1.165) is 5.69 Å². The second-order valence-electron chi connectivity index (χ2n) is 7.21. The van der Waals surface area contributed by atoms with Gasteiger partial charge >= 0.3 is 6.09 Å². The first-order chi connectivity index (χ1) is 8.99. The minimum Gasteiger partial charge on any atom is -0.444 e. The Morgan fingerprint density at radius 3 is 2.25 bits per heavy atom. The van der Waals surface area contributed by atoms with E-state index in [2.05, 4.69) is 5.10 Å². The molecular formula is C14H23N3O3. The Bertz CT molecular complexity index is 584. The van der Waals surface area contributed by atoms with Gasteiger partial charge in [0.15, 0.2) is 0 Å². The van der Waals surface area contributed by atoms with Crippen LogP contribution in [0.15, 0.2) is 4.79 Å². The molecule has 0 saturated heterocycles. The van der Waals surface area contributed by atoms with Gasteiger partial charge < -0.3 is 4.74 Å². The van der Waals surface area contributed by atoms with E-state index >= 15 is 0 Å². The van der Waals surface area contributed by atoms with Crippen LogP contribution in [0.2, 0.25) is 0 Å². The molecule has 1 aromatic heterocycles. The molecule has 0 aliphatic carbocycles. The fraction of sp³-hybridized carbons (Fsp3) is 0.714. The topological polar surface area (TPSA) is 67.3 Å². The number of fused-ring (bicyclic) bond motifs is 1. The lowest BCUT2D eigenvalue weighted by molar-refractivity contribution is 0.0236. The molecule has 0 aromatic carbocycles. The molecule has 6 heteroatoms. The predicted molar refractivity (Wildman–Crippen MR) is 75.5 cm³/mol. The van der Waals surface area contributed by atoms with Crippen molar-refractivity contribution in [2.45, 2.75) is 65.8 Å². The maximum atomic E-state index is 12.1. The van der Waals surface area contributed by atoms with Gasteiger partial charge in [0.2, 0.25) is 0 Å².